The van der Waals surface area contributed by atoms with Crippen molar-refractivity contribution in [1.82, 2.24) is 9.71 Å². The molecule has 0 aliphatic heterocycles. The molecular weight excluding hydrogens is 288 g/mol. The Kier molecular flexibility index (Phi) is 4.14. The molecule has 6 nitrogen and oxygen atoms in total. The van der Waals surface area contributed by atoms with Gasteiger partial charge in [0, 0.05) is 12.2 Å². The molecule has 0 atom stereocenters. The number of aryl methyl sites for hydroxylation is 1. The number of sulfonamides is 1. The molecule has 19 heavy (non-hydrogen) atoms. The lowest BCUT2D eigenvalue weighted by molar-refractivity contribution is 0.00946. The topological polar surface area (TPSA) is 99.3 Å². The van der Waals surface area contributed by atoms with E-state index in [1.54, 1.807) is 6.92 Å². The van der Waals surface area contributed by atoms with Gasteiger partial charge in [-0.05, 0) is 19.8 Å². The van der Waals surface area contributed by atoms with Crippen molar-refractivity contribution in [1.29, 1.82) is 0 Å². The second kappa shape index (κ2) is 5.35. The maximum atomic E-state index is 12.1. The molecule has 0 amide bonds. The summed E-state index contributed by atoms with van der Waals surface area (Å²) in [7, 11) is -3.73. The van der Waals surface area contributed by atoms with E-state index in [2.05, 4.69) is 9.71 Å². The van der Waals surface area contributed by atoms with Crippen LogP contribution in [0.5, 0.6) is 0 Å². The number of nitrogens with one attached hydrogen (secondary N) is 2. The molecular formula is C11H18N2O4S2. The molecule has 0 radical (unpaired) electrons. The predicted octanol–water partition coefficient (Wildman–Crippen LogP) is 0.718. The van der Waals surface area contributed by atoms with E-state index >= 15 is 0 Å². The van der Waals surface area contributed by atoms with Crippen LogP contribution in [-0.2, 0) is 10.0 Å². The molecule has 1 aliphatic rings. The molecule has 0 bridgehead atoms. The Bertz CT molecular complexity index is 596. The highest BCUT2D eigenvalue weighted by Crippen LogP contribution is 2.28. The number of thiazole rings is 1. The van der Waals surface area contributed by atoms with Crippen molar-refractivity contribution in [2.45, 2.75) is 48.8 Å². The van der Waals surface area contributed by atoms with Gasteiger partial charge in [-0.15, -0.1) is 0 Å². The first kappa shape index (κ1) is 14.7. The highest BCUT2D eigenvalue weighted by atomic mass is 32.2. The number of aromatic amines is 1. The van der Waals surface area contributed by atoms with E-state index in [1.807, 2.05) is 0 Å². The van der Waals surface area contributed by atoms with Crippen LogP contribution in [0.25, 0.3) is 0 Å². The summed E-state index contributed by atoms with van der Waals surface area (Å²) in [5.41, 5.74) is -0.626. The lowest BCUT2D eigenvalue weighted by atomic mass is 9.85. The summed E-state index contributed by atoms with van der Waals surface area (Å²) in [4.78, 5) is 13.2. The van der Waals surface area contributed by atoms with Gasteiger partial charge in [-0.2, -0.15) is 0 Å². The summed E-state index contributed by atoms with van der Waals surface area (Å²) in [6, 6.07) is 0. The van der Waals surface area contributed by atoms with E-state index in [4.69, 9.17) is 0 Å². The zero-order chi connectivity index (χ0) is 14.1. The Morgan fingerprint density at radius 3 is 2.53 bits per heavy atom. The molecule has 108 valence electrons. The van der Waals surface area contributed by atoms with Crippen molar-refractivity contribution < 1.29 is 13.5 Å². The summed E-state index contributed by atoms with van der Waals surface area (Å²) >= 11 is 0.664. The normalized spacial score (nSPS) is 19.5. The second-order valence-electron chi connectivity index (χ2n) is 5.04. The molecule has 0 aromatic carbocycles. The maximum Gasteiger partial charge on any atom is 0.305 e. The van der Waals surface area contributed by atoms with E-state index in [0.717, 1.165) is 19.3 Å². The van der Waals surface area contributed by atoms with Crippen molar-refractivity contribution in [3.05, 3.63) is 15.4 Å². The third kappa shape index (κ3) is 3.44. The molecule has 1 aliphatic carbocycles. The zero-order valence-corrected chi connectivity index (χ0v) is 12.4. The second-order valence-corrected chi connectivity index (χ2v) is 7.98. The molecule has 0 saturated heterocycles. The van der Waals surface area contributed by atoms with Crippen LogP contribution in [0.4, 0.5) is 0 Å². The molecule has 0 spiro atoms. The van der Waals surface area contributed by atoms with Gasteiger partial charge in [0.25, 0.3) is 10.0 Å². The molecule has 3 N–H and O–H groups in total. The number of rotatable bonds is 4. The molecule has 1 aromatic rings. The van der Waals surface area contributed by atoms with Gasteiger partial charge in [0.05, 0.1) is 5.60 Å². The monoisotopic (exact) mass is 306 g/mol. The van der Waals surface area contributed by atoms with Gasteiger partial charge in [0.2, 0.25) is 0 Å². The van der Waals surface area contributed by atoms with E-state index in [9.17, 15) is 18.3 Å². The maximum absolute atomic E-state index is 12.1. The zero-order valence-electron chi connectivity index (χ0n) is 10.7. The number of hydrogen-bond acceptors (Lipinski definition) is 5. The van der Waals surface area contributed by atoms with Crippen LogP contribution in [0.1, 0.15) is 37.8 Å². The van der Waals surface area contributed by atoms with Gasteiger partial charge >= 0.3 is 4.87 Å². The summed E-state index contributed by atoms with van der Waals surface area (Å²) in [5.74, 6) is 0. The first-order valence-electron chi connectivity index (χ1n) is 6.24. The average Bonchev–Trinajstić information content (AvgIpc) is 2.68. The number of aliphatic hydroxyl groups is 1. The fourth-order valence-electron chi connectivity index (χ4n) is 2.33. The van der Waals surface area contributed by atoms with Gasteiger partial charge in [-0.1, -0.05) is 30.6 Å². The number of hydrogen-bond donors (Lipinski definition) is 3. The predicted molar refractivity (Wildman–Crippen MR) is 72.9 cm³/mol. The Hall–Kier alpha value is -0.700. The van der Waals surface area contributed by atoms with Gasteiger partial charge in [-0.3, -0.25) is 4.79 Å². The standard InChI is InChI=1S/C11H18N2O4S2/c1-8-9(18-10(14)13-8)19(16,17)12-7-11(15)5-3-2-4-6-11/h12,15H,2-7H2,1H3,(H,13,14). The van der Waals surface area contributed by atoms with Crippen molar-refractivity contribution in [2.75, 3.05) is 6.54 Å². The van der Waals surface area contributed by atoms with Gasteiger partial charge in [0.1, 0.15) is 0 Å². The van der Waals surface area contributed by atoms with Crippen molar-refractivity contribution in [3.8, 4) is 0 Å². The van der Waals surface area contributed by atoms with Crippen LogP contribution in [0.15, 0.2) is 9.00 Å². The van der Waals surface area contributed by atoms with Crippen LogP contribution < -0.4 is 9.60 Å². The molecule has 1 saturated carbocycles. The summed E-state index contributed by atoms with van der Waals surface area (Å²) in [5, 5.41) is 10.3. The summed E-state index contributed by atoms with van der Waals surface area (Å²) in [6.45, 7) is 1.54. The SMILES string of the molecule is Cc1[nH]c(=O)sc1S(=O)(=O)NCC1(O)CCCCC1. The smallest absolute Gasteiger partial charge is 0.305 e. The summed E-state index contributed by atoms with van der Waals surface area (Å²) < 4.78 is 26.6. The molecule has 0 unspecified atom stereocenters. The molecule has 8 heteroatoms. The van der Waals surface area contributed by atoms with Crippen LogP contribution >= 0.6 is 11.3 Å². The fourth-order valence-corrected chi connectivity index (χ4v) is 4.79. The van der Waals surface area contributed by atoms with Gasteiger partial charge in [-0.25, -0.2) is 13.1 Å². The van der Waals surface area contributed by atoms with Crippen LogP contribution in [0, 0.1) is 6.92 Å². The van der Waals surface area contributed by atoms with Crippen LogP contribution in [0.2, 0.25) is 0 Å². The average molecular weight is 306 g/mol. The largest absolute Gasteiger partial charge is 0.389 e. The molecule has 1 aromatic heterocycles. The van der Waals surface area contributed by atoms with E-state index in [-0.39, 0.29) is 10.8 Å². The van der Waals surface area contributed by atoms with Crippen LogP contribution in [-0.4, -0.2) is 30.7 Å². The molecule has 1 fully saturated rings. The number of H-pyrrole nitrogens is 1. The minimum absolute atomic E-state index is 0.000857. The Balaban J connectivity index is 2.10. The highest BCUT2D eigenvalue weighted by Gasteiger charge is 2.31. The van der Waals surface area contributed by atoms with E-state index < -0.39 is 20.5 Å². The Morgan fingerprint density at radius 2 is 2.00 bits per heavy atom. The van der Waals surface area contributed by atoms with Gasteiger partial charge < -0.3 is 10.1 Å². The van der Waals surface area contributed by atoms with Crippen molar-refractivity contribution in [2.24, 2.45) is 0 Å². The third-order valence-corrected chi connectivity index (χ3v) is 6.41. The Morgan fingerprint density at radius 1 is 1.37 bits per heavy atom. The van der Waals surface area contributed by atoms with Crippen LogP contribution in [0.3, 0.4) is 0 Å². The lowest BCUT2D eigenvalue weighted by Gasteiger charge is -2.31. The minimum Gasteiger partial charge on any atom is -0.389 e. The molecule has 2 rings (SSSR count). The van der Waals surface area contributed by atoms with E-state index in [1.165, 1.54) is 0 Å². The third-order valence-electron chi connectivity index (χ3n) is 3.40. The number of aromatic nitrogens is 1. The van der Waals surface area contributed by atoms with Crippen molar-refractivity contribution in [3.63, 3.8) is 0 Å². The first-order chi connectivity index (χ1) is 8.82. The Labute approximate surface area is 115 Å². The summed E-state index contributed by atoms with van der Waals surface area (Å²) in [6.07, 6.45) is 4.12. The quantitative estimate of drug-likeness (QED) is 0.763. The van der Waals surface area contributed by atoms with E-state index in [0.29, 0.717) is 29.9 Å². The van der Waals surface area contributed by atoms with Gasteiger partial charge in [0.15, 0.2) is 4.21 Å². The first-order valence-corrected chi connectivity index (χ1v) is 8.54. The lowest BCUT2D eigenvalue weighted by Crippen LogP contribution is -2.44. The highest BCUT2D eigenvalue weighted by molar-refractivity contribution is 7.91. The fraction of sp³-hybridized carbons (Fsp3) is 0.727. The minimum atomic E-state index is -3.73. The molecule has 1 heterocycles. The van der Waals surface area contributed by atoms with Crippen molar-refractivity contribution >= 4 is 21.4 Å².